The average molecular weight is 310 g/mol. The van der Waals surface area contributed by atoms with Crippen molar-refractivity contribution in [3.8, 4) is 0 Å². The SMILES string of the molecule is CCN(c1ccc(CC(=O)OC)c(Cl)c1)c1cccs1. The van der Waals surface area contributed by atoms with E-state index in [2.05, 4.69) is 22.6 Å². The molecule has 0 aliphatic carbocycles. The van der Waals surface area contributed by atoms with Crippen LogP contribution in [0.2, 0.25) is 5.02 Å². The summed E-state index contributed by atoms with van der Waals surface area (Å²) in [5.74, 6) is -0.287. The third-order valence-electron chi connectivity index (χ3n) is 3.00. The lowest BCUT2D eigenvalue weighted by Gasteiger charge is -2.22. The first-order chi connectivity index (χ1) is 9.65. The molecular formula is C15H16ClNO2S. The van der Waals surface area contributed by atoms with E-state index in [9.17, 15) is 4.79 Å². The third kappa shape index (κ3) is 3.32. The van der Waals surface area contributed by atoms with Gasteiger partial charge in [0.1, 0.15) is 0 Å². The quantitative estimate of drug-likeness (QED) is 0.772. The van der Waals surface area contributed by atoms with E-state index >= 15 is 0 Å². The van der Waals surface area contributed by atoms with Gasteiger partial charge in [0, 0.05) is 17.3 Å². The Morgan fingerprint density at radius 2 is 2.20 bits per heavy atom. The van der Waals surface area contributed by atoms with E-state index in [-0.39, 0.29) is 12.4 Å². The fraction of sp³-hybridized carbons (Fsp3) is 0.267. The lowest BCUT2D eigenvalue weighted by molar-refractivity contribution is -0.139. The van der Waals surface area contributed by atoms with Crippen LogP contribution in [0.15, 0.2) is 35.7 Å². The van der Waals surface area contributed by atoms with E-state index in [1.54, 1.807) is 11.3 Å². The minimum Gasteiger partial charge on any atom is -0.469 e. The average Bonchev–Trinajstić information content (AvgIpc) is 2.96. The second-order valence-corrected chi connectivity index (χ2v) is 5.56. The molecule has 106 valence electrons. The van der Waals surface area contributed by atoms with Crippen molar-refractivity contribution in [2.75, 3.05) is 18.6 Å². The van der Waals surface area contributed by atoms with E-state index < -0.39 is 0 Å². The number of hydrogen-bond donors (Lipinski definition) is 0. The summed E-state index contributed by atoms with van der Waals surface area (Å²) >= 11 is 7.95. The monoisotopic (exact) mass is 309 g/mol. The standard InChI is InChI=1S/C15H16ClNO2S/c1-3-17(14-5-4-8-20-14)12-7-6-11(13(16)10-12)9-15(18)19-2/h4-8,10H,3,9H2,1-2H3. The van der Waals surface area contributed by atoms with E-state index in [1.165, 1.54) is 12.1 Å². The van der Waals surface area contributed by atoms with Crippen molar-refractivity contribution < 1.29 is 9.53 Å². The molecule has 0 fully saturated rings. The van der Waals surface area contributed by atoms with Gasteiger partial charge in [0.05, 0.1) is 18.5 Å². The molecule has 0 aliphatic heterocycles. The van der Waals surface area contributed by atoms with Crippen LogP contribution in [0.3, 0.4) is 0 Å². The Labute approximate surface area is 127 Å². The van der Waals surface area contributed by atoms with Gasteiger partial charge in [0.2, 0.25) is 0 Å². The number of hydrogen-bond acceptors (Lipinski definition) is 4. The molecule has 0 atom stereocenters. The van der Waals surface area contributed by atoms with Gasteiger partial charge in [-0.3, -0.25) is 4.79 Å². The number of carbonyl (C=O) groups is 1. The first-order valence-corrected chi connectivity index (χ1v) is 7.57. The van der Waals surface area contributed by atoms with Crippen molar-refractivity contribution in [3.05, 3.63) is 46.3 Å². The maximum atomic E-state index is 11.3. The van der Waals surface area contributed by atoms with E-state index in [0.29, 0.717) is 5.02 Å². The maximum Gasteiger partial charge on any atom is 0.310 e. The molecule has 0 amide bonds. The van der Waals surface area contributed by atoms with Gasteiger partial charge in [-0.1, -0.05) is 17.7 Å². The second-order valence-electron chi connectivity index (χ2n) is 4.22. The van der Waals surface area contributed by atoms with E-state index in [1.807, 2.05) is 29.6 Å². The first kappa shape index (κ1) is 14.9. The number of rotatable bonds is 5. The summed E-state index contributed by atoms with van der Waals surface area (Å²) in [4.78, 5) is 13.5. The number of ether oxygens (including phenoxy) is 1. The van der Waals surface area contributed by atoms with Crippen molar-refractivity contribution in [1.82, 2.24) is 0 Å². The molecular weight excluding hydrogens is 294 g/mol. The van der Waals surface area contributed by atoms with Crippen LogP contribution in [0.1, 0.15) is 12.5 Å². The fourth-order valence-corrected chi connectivity index (χ4v) is 3.02. The smallest absolute Gasteiger partial charge is 0.310 e. The zero-order valence-corrected chi connectivity index (χ0v) is 13.0. The molecule has 2 rings (SSSR count). The normalized spacial score (nSPS) is 10.3. The van der Waals surface area contributed by atoms with Crippen LogP contribution in [0.25, 0.3) is 0 Å². The van der Waals surface area contributed by atoms with Gasteiger partial charge in [0.15, 0.2) is 0 Å². The number of nitrogens with zero attached hydrogens (tertiary/aromatic N) is 1. The molecule has 0 unspecified atom stereocenters. The third-order valence-corrected chi connectivity index (χ3v) is 4.24. The largest absolute Gasteiger partial charge is 0.469 e. The number of anilines is 2. The predicted octanol–water partition coefficient (Wildman–Crippen LogP) is 4.28. The summed E-state index contributed by atoms with van der Waals surface area (Å²) in [6.45, 7) is 2.95. The maximum absolute atomic E-state index is 11.3. The summed E-state index contributed by atoms with van der Waals surface area (Å²) in [5, 5.41) is 3.80. The van der Waals surface area contributed by atoms with Gasteiger partial charge in [-0.2, -0.15) is 0 Å². The zero-order chi connectivity index (χ0) is 14.5. The van der Waals surface area contributed by atoms with Crippen molar-refractivity contribution in [3.63, 3.8) is 0 Å². The summed E-state index contributed by atoms with van der Waals surface area (Å²) in [7, 11) is 1.38. The van der Waals surface area contributed by atoms with Gasteiger partial charge >= 0.3 is 5.97 Å². The predicted molar refractivity (Wildman–Crippen MR) is 84.2 cm³/mol. The molecule has 3 nitrogen and oxygen atoms in total. The minimum absolute atomic E-state index is 0.195. The number of carbonyl (C=O) groups excluding carboxylic acids is 1. The van der Waals surface area contributed by atoms with Crippen LogP contribution in [0.5, 0.6) is 0 Å². The summed E-state index contributed by atoms with van der Waals surface area (Å²) in [6.07, 6.45) is 0.195. The second kappa shape index (κ2) is 6.77. The molecule has 0 N–H and O–H groups in total. The van der Waals surface area contributed by atoms with Gasteiger partial charge < -0.3 is 9.64 Å². The highest BCUT2D eigenvalue weighted by atomic mass is 35.5. The van der Waals surface area contributed by atoms with Crippen LogP contribution >= 0.6 is 22.9 Å². The molecule has 0 saturated carbocycles. The lowest BCUT2D eigenvalue weighted by atomic mass is 10.1. The number of methoxy groups -OCH3 is 1. The Morgan fingerprint density at radius 3 is 2.75 bits per heavy atom. The van der Waals surface area contributed by atoms with Gasteiger partial charge in [-0.05, 0) is 42.1 Å². The Kier molecular flexibility index (Phi) is 5.04. The number of esters is 1. The molecule has 0 bridgehead atoms. The van der Waals surface area contributed by atoms with Gasteiger partial charge in [-0.25, -0.2) is 0 Å². The van der Waals surface area contributed by atoms with Crippen molar-refractivity contribution >= 4 is 39.6 Å². The van der Waals surface area contributed by atoms with Gasteiger partial charge in [-0.15, -0.1) is 11.3 Å². The lowest BCUT2D eigenvalue weighted by Crippen LogP contribution is -2.15. The van der Waals surface area contributed by atoms with Crippen molar-refractivity contribution in [2.24, 2.45) is 0 Å². The fourth-order valence-electron chi connectivity index (χ4n) is 1.96. The van der Waals surface area contributed by atoms with E-state index in [0.717, 1.165) is 17.8 Å². The number of thiophene rings is 1. The molecule has 5 heteroatoms. The topological polar surface area (TPSA) is 29.5 Å². The Balaban J connectivity index is 2.26. The minimum atomic E-state index is -0.287. The van der Waals surface area contributed by atoms with Crippen LogP contribution in [0.4, 0.5) is 10.7 Å². The molecule has 0 radical (unpaired) electrons. The summed E-state index contributed by atoms with van der Waals surface area (Å²) < 4.78 is 4.66. The summed E-state index contributed by atoms with van der Waals surface area (Å²) in [5.41, 5.74) is 1.80. The number of halogens is 1. The molecule has 0 aliphatic rings. The summed E-state index contributed by atoms with van der Waals surface area (Å²) in [6, 6.07) is 9.85. The van der Waals surface area contributed by atoms with E-state index in [4.69, 9.17) is 11.6 Å². The highest BCUT2D eigenvalue weighted by Crippen LogP contribution is 2.32. The molecule has 1 aromatic heterocycles. The molecule has 0 spiro atoms. The van der Waals surface area contributed by atoms with Crippen LogP contribution in [0, 0.1) is 0 Å². The molecule has 0 saturated heterocycles. The van der Waals surface area contributed by atoms with Crippen LogP contribution in [-0.4, -0.2) is 19.6 Å². The van der Waals surface area contributed by atoms with Crippen molar-refractivity contribution in [1.29, 1.82) is 0 Å². The molecule has 1 aromatic carbocycles. The molecule has 1 heterocycles. The van der Waals surface area contributed by atoms with Crippen molar-refractivity contribution in [2.45, 2.75) is 13.3 Å². The van der Waals surface area contributed by atoms with Crippen LogP contribution < -0.4 is 4.90 Å². The Hall–Kier alpha value is -1.52. The Bertz CT molecular complexity index is 584. The number of benzene rings is 1. The highest BCUT2D eigenvalue weighted by Gasteiger charge is 2.12. The highest BCUT2D eigenvalue weighted by molar-refractivity contribution is 7.14. The van der Waals surface area contributed by atoms with Gasteiger partial charge in [0.25, 0.3) is 0 Å². The van der Waals surface area contributed by atoms with Crippen LogP contribution in [-0.2, 0) is 16.0 Å². The zero-order valence-electron chi connectivity index (χ0n) is 11.4. The molecule has 2 aromatic rings. The Morgan fingerprint density at radius 1 is 1.40 bits per heavy atom. The first-order valence-electron chi connectivity index (χ1n) is 6.32. The molecule has 20 heavy (non-hydrogen) atoms.